The van der Waals surface area contributed by atoms with Gasteiger partial charge in [0.1, 0.15) is 11.8 Å². The number of amides is 3. The lowest BCUT2D eigenvalue weighted by Crippen LogP contribution is -2.55. The number of ketones is 1. The number of nitrogens with zero attached hydrogens (tertiary/aromatic N) is 1. The van der Waals surface area contributed by atoms with E-state index in [1.54, 1.807) is 13.8 Å². The first-order chi connectivity index (χ1) is 15.0. The monoisotopic (exact) mass is 450 g/mol. The lowest BCUT2D eigenvalue weighted by Gasteiger charge is -2.25. The van der Waals surface area contributed by atoms with Crippen LogP contribution in [0, 0.1) is 11.3 Å². The molecule has 2 heterocycles. The van der Waals surface area contributed by atoms with Gasteiger partial charge in [0, 0.05) is 19.0 Å². The van der Waals surface area contributed by atoms with Gasteiger partial charge in [0.25, 0.3) is 5.91 Å². The normalized spacial score (nSPS) is 18.8. The lowest BCUT2D eigenvalue weighted by molar-refractivity contribution is -0.140. The maximum Gasteiger partial charge on any atom is 0.407 e. The SMILES string of the molecule is CC(C)C(NC(=O)OCC(C)(C)C)C(=O)NC1CCc2cc(on2)CCCNC(=O)C1=O. The fraction of sp³-hybridized carbons (Fsp3) is 0.682. The minimum atomic E-state index is -1.06. The molecule has 3 amide bonds. The zero-order valence-electron chi connectivity index (χ0n) is 19.4. The second-order valence-electron chi connectivity index (χ2n) is 9.61. The van der Waals surface area contributed by atoms with Crippen molar-refractivity contribution in [3.63, 3.8) is 0 Å². The Morgan fingerprint density at radius 3 is 2.66 bits per heavy atom. The highest BCUT2D eigenvalue weighted by molar-refractivity contribution is 6.38. The van der Waals surface area contributed by atoms with E-state index in [1.807, 2.05) is 26.8 Å². The maximum atomic E-state index is 12.9. The molecule has 32 heavy (non-hydrogen) atoms. The molecule has 2 atom stereocenters. The van der Waals surface area contributed by atoms with Gasteiger partial charge in [-0.25, -0.2) is 4.79 Å². The molecule has 0 fully saturated rings. The van der Waals surface area contributed by atoms with Gasteiger partial charge in [0.05, 0.1) is 18.3 Å². The van der Waals surface area contributed by atoms with Gasteiger partial charge in [0.15, 0.2) is 0 Å². The summed E-state index contributed by atoms with van der Waals surface area (Å²) in [5.74, 6) is -1.61. The van der Waals surface area contributed by atoms with Crippen LogP contribution in [0.2, 0.25) is 0 Å². The fourth-order valence-electron chi connectivity index (χ4n) is 3.11. The van der Waals surface area contributed by atoms with E-state index < -0.39 is 35.8 Å². The van der Waals surface area contributed by atoms with Crippen molar-refractivity contribution in [1.29, 1.82) is 0 Å². The molecular weight excluding hydrogens is 416 g/mol. The Bertz CT molecular complexity index is 827. The number of aryl methyl sites for hydroxylation is 2. The molecule has 2 bridgehead atoms. The van der Waals surface area contributed by atoms with Gasteiger partial charge in [-0.3, -0.25) is 14.4 Å². The first-order valence-electron chi connectivity index (χ1n) is 11.0. The third kappa shape index (κ3) is 7.97. The van der Waals surface area contributed by atoms with Gasteiger partial charge in [-0.1, -0.05) is 39.8 Å². The molecule has 2 unspecified atom stereocenters. The Morgan fingerprint density at radius 1 is 1.28 bits per heavy atom. The molecule has 0 saturated heterocycles. The molecule has 10 nitrogen and oxygen atoms in total. The number of carbonyl (C=O) groups excluding carboxylic acids is 4. The van der Waals surface area contributed by atoms with Crippen molar-refractivity contribution in [2.45, 2.75) is 72.4 Å². The van der Waals surface area contributed by atoms with E-state index in [0.717, 1.165) is 0 Å². The quantitative estimate of drug-likeness (QED) is 0.578. The summed E-state index contributed by atoms with van der Waals surface area (Å²) in [5.41, 5.74) is 0.429. The average Bonchev–Trinajstić information content (AvgIpc) is 3.16. The molecule has 10 heteroatoms. The van der Waals surface area contributed by atoms with Gasteiger partial charge in [-0.2, -0.15) is 0 Å². The van der Waals surface area contributed by atoms with Gasteiger partial charge < -0.3 is 25.2 Å². The highest BCUT2D eigenvalue weighted by Gasteiger charge is 2.32. The molecule has 0 aliphatic carbocycles. The third-order valence-corrected chi connectivity index (χ3v) is 4.90. The summed E-state index contributed by atoms with van der Waals surface area (Å²) < 4.78 is 10.5. The first kappa shape index (κ1) is 25.4. The number of carbonyl (C=O) groups is 4. The van der Waals surface area contributed by atoms with E-state index in [0.29, 0.717) is 37.3 Å². The Labute approximate surface area is 188 Å². The topological polar surface area (TPSA) is 140 Å². The number of rotatable bonds is 5. The summed E-state index contributed by atoms with van der Waals surface area (Å²) >= 11 is 0. The number of aromatic nitrogens is 1. The van der Waals surface area contributed by atoms with Crippen LogP contribution in [0.5, 0.6) is 0 Å². The molecule has 2 rings (SSSR count). The molecule has 0 radical (unpaired) electrons. The molecule has 1 aliphatic heterocycles. The number of hydrogen-bond donors (Lipinski definition) is 3. The number of alkyl carbamates (subject to hydrolysis) is 1. The summed E-state index contributed by atoms with van der Waals surface area (Å²) in [5, 5.41) is 11.8. The predicted octanol–water partition coefficient (Wildman–Crippen LogP) is 1.52. The minimum absolute atomic E-state index is 0.170. The van der Waals surface area contributed by atoms with Crippen molar-refractivity contribution >= 4 is 23.7 Å². The smallest absolute Gasteiger partial charge is 0.407 e. The molecule has 0 saturated carbocycles. The number of hydrogen-bond acceptors (Lipinski definition) is 7. The van der Waals surface area contributed by atoms with E-state index >= 15 is 0 Å². The molecule has 3 N–H and O–H groups in total. The number of nitrogens with one attached hydrogen (secondary N) is 3. The van der Waals surface area contributed by atoms with Crippen molar-refractivity contribution in [1.82, 2.24) is 21.1 Å². The molecule has 0 aromatic carbocycles. The highest BCUT2D eigenvalue weighted by atomic mass is 16.5. The molecule has 0 spiro atoms. The second kappa shape index (κ2) is 11.1. The van der Waals surface area contributed by atoms with E-state index in [2.05, 4.69) is 21.1 Å². The Hall–Kier alpha value is -2.91. The van der Waals surface area contributed by atoms with Crippen LogP contribution >= 0.6 is 0 Å². The molecule has 1 aromatic heterocycles. The minimum Gasteiger partial charge on any atom is -0.449 e. The standard InChI is InChI=1S/C22H34N4O6/c1-13(2)17(25-21(30)31-12-22(3,4)5)19(28)24-16-9-8-14-11-15(32-26-14)7-6-10-23-20(29)18(16)27/h11,13,16-17H,6-10,12H2,1-5H3,(H,23,29)(H,24,28)(H,25,30). The van der Waals surface area contributed by atoms with Gasteiger partial charge >= 0.3 is 6.09 Å². The van der Waals surface area contributed by atoms with E-state index in [9.17, 15) is 19.2 Å². The summed E-state index contributed by atoms with van der Waals surface area (Å²) in [7, 11) is 0. The van der Waals surface area contributed by atoms with Crippen molar-refractivity contribution in [2.75, 3.05) is 13.2 Å². The van der Waals surface area contributed by atoms with E-state index in [4.69, 9.17) is 9.26 Å². The Morgan fingerprint density at radius 2 is 2.00 bits per heavy atom. The zero-order valence-corrected chi connectivity index (χ0v) is 19.4. The summed E-state index contributed by atoms with van der Waals surface area (Å²) in [4.78, 5) is 50.1. The van der Waals surface area contributed by atoms with E-state index in [-0.39, 0.29) is 24.4 Å². The van der Waals surface area contributed by atoms with Crippen LogP contribution in [0.25, 0.3) is 0 Å². The van der Waals surface area contributed by atoms with Crippen molar-refractivity contribution in [2.24, 2.45) is 11.3 Å². The summed E-state index contributed by atoms with van der Waals surface area (Å²) in [6, 6.07) is -0.176. The zero-order chi connectivity index (χ0) is 23.9. The lowest BCUT2D eigenvalue weighted by atomic mass is 9.99. The van der Waals surface area contributed by atoms with Crippen LogP contribution in [-0.4, -0.2) is 54.1 Å². The van der Waals surface area contributed by atoms with Crippen molar-refractivity contribution in [3.05, 3.63) is 17.5 Å². The van der Waals surface area contributed by atoms with Crippen LogP contribution < -0.4 is 16.0 Å². The van der Waals surface area contributed by atoms with E-state index in [1.165, 1.54) is 0 Å². The molecule has 178 valence electrons. The predicted molar refractivity (Wildman–Crippen MR) is 116 cm³/mol. The molecule has 1 aliphatic rings. The van der Waals surface area contributed by atoms with Crippen LogP contribution in [-0.2, 0) is 32.0 Å². The Balaban J connectivity index is 2.09. The van der Waals surface area contributed by atoms with Crippen molar-refractivity contribution < 1.29 is 28.4 Å². The second-order valence-corrected chi connectivity index (χ2v) is 9.61. The van der Waals surface area contributed by atoms with Crippen LogP contribution in [0.1, 0.15) is 58.9 Å². The first-order valence-corrected chi connectivity index (χ1v) is 11.0. The van der Waals surface area contributed by atoms with Crippen LogP contribution in [0.15, 0.2) is 10.6 Å². The summed E-state index contributed by atoms with van der Waals surface area (Å²) in [6.45, 7) is 9.78. The molecule has 1 aromatic rings. The largest absolute Gasteiger partial charge is 0.449 e. The Kier molecular flexibility index (Phi) is 8.80. The van der Waals surface area contributed by atoms with Crippen LogP contribution in [0.4, 0.5) is 4.79 Å². The fourth-order valence-corrected chi connectivity index (χ4v) is 3.11. The van der Waals surface area contributed by atoms with Crippen LogP contribution in [0.3, 0.4) is 0 Å². The summed E-state index contributed by atoms with van der Waals surface area (Å²) in [6.07, 6.45) is 1.01. The van der Waals surface area contributed by atoms with Gasteiger partial charge in [-0.15, -0.1) is 0 Å². The van der Waals surface area contributed by atoms with Gasteiger partial charge in [-0.05, 0) is 30.6 Å². The number of ether oxygens (including phenoxy) is 1. The third-order valence-electron chi connectivity index (χ3n) is 4.90. The van der Waals surface area contributed by atoms with Gasteiger partial charge in [0.2, 0.25) is 11.7 Å². The van der Waals surface area contributed by atoms with Crippen molar-refractivity contribution in [3.8, 4) is 0 Å². The highest BCUT2D eigenvalue weighted by Crippen LogP contribution is 2.14. The maximum absolute atomic E-state index is 12.9. The number of fused-ring (bicyclic) bond motifs is 2. The average molecular weight is 451 g/mol. The number of Topliss-reactive ketones (excluding diaryl/α,β-unsaturated/α-hetero) is 1. The molecular formula is C22H34N4O6.